The van der Waals surface area contributed by atoms with Gasteiger partial charge in [0.25, 0.3) is 5.91 Å². The summed E-state index contributed by atoms with van der Waals surface area (Å²) < 4.78 is 0. The molecule has 1 heterocycles. The minimum atomic E-state index is -0.885. The van der Waals surface area contributed by atoms with Crippen LogP contribution in [0.3, 0.4) is 0 Å². The highest BCUT2D eigenvalue weighted by Gasteiger charge is 2.68. The van der Waals surface area contributed by atoms with Crippen molar-refractivity contribution in [3.05, 3.63) is 130 Å². The van der Waals surface area contributed by atoms with E-state index in [0.717, 1.165) is 39.9 Å². The van der Waals surface area contributed by atoms with Gasteiger partial charge in [0.2, 0.25) is 11.8 Å². The fourth-order valence-electron chi connectivity index (χ4n) is 7.27. The maximum absolute atomic E-state index is 14.2. The van der Waals surface area contributed by atoms with Crippen LogP contribution in [0.5, 0.6) is 0 Å². The molecule has 4 aromatic rings. The van der Waals surface area contributed by atoms with E-state index < -0.39 is 11.3 Å². The fourth-order valence-corrected chi connectivity index (χ4v) is 7.27. The first kappa shape index (κ1) is 23.6. The molecule has 0 spiro atoms. The van der Waals surface area contributed by atoms with Crippen LogP contribution in [-0.4, -0.2) is 17.7 Å². The van der Waals surface area contributed by atoms with Crippen LogP contribution in [-0.2, 0) is 16.0 Å². The molecule has 5 nitrogen and oxygen atoms in total. The molecule has 0 saturated carbocycles. The number of benzene rings is 4. The molecule has 1 fully saturated rings. The molecule has 4 aromatic carbocycles. The van der Waals surface area contributed by atoms with Gasteiger partial charge in [0.15, 0.2) is 0 Å². The lowest BCUT2D eigenvalue weighted by Crippen LogP contribution is -2.49. The molecule has 0 radical (unpaired) electrons. The molecule has 0 unspecified atom stereocenters. The second-order valence-electron chi connectivity index (χ2n) is 10.9. The summed E-state index contributed by atoms with van der Waals surface area (Å²) in [6.45, 7) is 4.01. The lowest BCUT2D eigenvalue weighted by Gasteiger charge is -2.51. The van der Waals surface area contributed by atoms with Gasteiger partial charge in [-0.2, -0.15) is 0 Å². The Morgan fingerprint density at radius 1 is 0.795 bits per heavy atom. The molecule has 2 bridgehead atoms. The average molecular weight is 513 g/mol. The van der Waals surface area contributed by atoms with Gasteiger partial charge in [-0.1, -0.05) is 73.7 Å². The third kappa shape index (κ3) is 3.16. The molecule has 5 heteroatoms. The minimum Gasteiger partial charge on any atom is -0.322 e. The first-order valence-corrected chi connectivity index (χ1v) is 13.5. The monoisotopic (exact) mass is 512 g/mol. The molecular weight excluding hydrogens is 484 g/mol. The molecule has 3 amide bonds. The van der Waals surface area contributed by atoms with Gasteiger partial charge in [0, 0.05) is 23.1 Å². The van der Waals surface area contributed by atoms with Crippen LogP contribution in [0.2, 0.25) is 0 Å². The number of nitrogens with zero attached hydrogens (tertiary/aromatic N) is 1. The van der Waals surface area contributed by atoms with Crippen molar-refractivity contribution in [2.75, 3.05) is 10.2 Å². The van der Waals surface area contributed by atoms with Crippen molar-refractivity contribution in [1.29, 1.82) is 0 Å². The molecule has 0 aromatic heterocycles. The molecule has 192 valence electrons. The average Bonchev–Trinajstić information content (AvgIpc) is 3.18. The van der Waals surface area contributed by atoms with E-state index in [4.69, 9.17) is 0 Å². The number of rotatable bonds is 4. The number of hydrogen-bond donors (Lipinski definition) is 1. The summed E-state index contributed by atoms with van der Waals surface area (Å²) in [5, 5.41) is 2.98. The molecule has 3 aliphatic carbocycles. The van der Waals surface area contributed by atoms with E-state index in [0.29, 0.717) is 11.3 Å². The summed E-state index contributed by atoms with van der Waals surface area (Å²) in [6.07, 6.45) is 0.810. The van der Waals surface area contributed by atoms with Crippen LogP contribution in [0.1, 0.15) is 63.9 Å². The quantitative estimate of drug-likeness (QED) is 0.327. The number of carbonyl (C=O) groups is 3. The van der Waals surface area contributed by atoms with Crippen LogP contribution >= 0.6 is 0 Å². The van der Waals surface area contributed by atoms with Crippen LogP contribution in [0.4, 0.5) is 11.4 Å². The summed E-state index contributed by atoms with van der Waals surface area (Å²) in [5.74, 6) is -1.41. The van der Waals surface area contributed by atoms with Gasteiger partial charge in [0.05, 0.1) is 17.0 Å². The Morgan fingerprint density at radius 2 is 1.36 bits per heavy atom. The van der Waals surface area contributed by atoms with Crippen LogP contribution in [0, 0.1) is 11.3 Å². The first-order chi connectivity index (χ1) is 18.9. The van der Waals surface area contributed by atoms with E-state index in [2.05, 4.69) is 29.6 Å². The number of anilines is 2. The van der Waals surface area contributed by atoms with Gasteiger partial charge < -0.3 is 5.32 Å². The summed E-state index contributed by atoms with van der Waals surface area (Å²) in [6, 6.07) is 31.0. The smallest absolute Gasteiger partial charge is 0.255 e. The molecular formula is C34H28N2O3. The van der Waals surface area contributed by atoms with Gasteiger partial charge >= 0.3 is 0 Å². The van der Waals surface area contributed by atoms with Crippen molar-refractivity contribution in [2.24, 2.45) is 11.3 Å². The van der Waals surface area contributed by atoms with Gasteiger partial charge in [0.1, 0.15) is 0 Å². The van der Waals surface area contributed by atoms with Crippen molar-refractivity contribution in [2.45, 2.75) is 32.1 Å². The van der Waals surface area contributed by atoms with Crippen molar-refractivity contribution < 1.29 is 14.4 Å². The van der Waals surface area contributed by atoms with Crippen LogP contribution in [0.15, 0.2) is 97.1 Å². The summed E-state index contributed by atoms with van der Waals surface area (Å²) in [5.41, 5.74) is 6.49. The zero-order valence-corrected chi connectivity index (χ0v) is 21.8. The Morgan fingerprint density at radius 3 is 1.97 bits per heavy atom. The van der Waals surface area contributed by atoms with E-state index in [1.165, 1.54) is 4.90 Å². The minimum absolute atomic E-state index is 0.169. The Balaban J connectivity index is 1.24. The van der Waals surface area contributed by atoms with Crippen molar-refractivity contribution >= 4 is 29.1 Å². The SMILES string of the molecule is CCc1ccccc1NC(=O)c1ccc(N2C(=O)[C@@H]3C4c5ccccc5C(c5ccccc54)[C@@]3(C)C2=O)cc1. The van der Waals surface area contributed by atoms with E-state index in [1.807, 2.05) is 62.4 Å². The topological polar surface area (TPSA) is 66.5 Å². The second-order valence-corrected chi connectivity index (χ2v) is 10.9. The zero-order valence-electron chi connectivity index (χ0n) is 21.8. The highest BCUT2D eigenvalue weighted by molar-refractivity contribution is 6.25. The van der Waals surface area contributed by atoms with E-state index >= 15 is 0 Å². The molecule has 2 atom stereocenters. The fraction of sp³-hybridized carbons (Fsp3) is 0.206. The summed E-state index contributed by atoms with van der Waals surface area (Å²) >= 11 is 0. The van der Waals surface area contributed by atoms with Crippen molar-refractivity contribution in [1.82, 2.24) is 0 Å². The van der Waals surface area contributed by atoms with Crippen LogP contribution in [0.25, 0.3) is 0 Å². The molecule has 8 rings (SSSR count). The van der Waals surface area contributed by atoms with Gasteiger partial charge in [-0.3, -0.25) is 14.4 Å². The lowest BCUT2D eigenvalue weighted by molar-refractivity contribution is -0.128. The van der Waals surface area contributed by atoms with Crippen molar-refractivity contribution in [3.63, 3.8) is 0 Å². The standard InChI is InChI=1S/C34H28N2O3/c1-3-20-10-4-9-15-27(20)35-31(37)21-16-18-22(19-17-21)36-32(38)30-28-23-11-5-7-13-25(23)29(34(30,2)33(36)39)26-14-8-6-12-24(26)28/h4-19,28-30H,3H2,1-2H3,(H,35,37)/t28?,29?,30-,34+/m0/s1. The van der Waals surface area contributed by atoms with Crippen LogP contribution < -0.4 is 10.2 Å². The number of hydrogen-bond acceptors (Lipinski definition) is 3. The Bertz CT molecular complexity index is 1630. The summed E-state index contributed by atoms with van der Waals surface area (Å²) in [7, 11) is 0. The third-order valence-electron chi connectivity index (χ3n) is 9.05. The number of amides is 3. The predicted octanol–water partition coefficient (Wildman–Crippen LogP) is 6.29. The zero-order chi connectivity index (χ0) is 26.9. The number of imide groups is 1. The first-order valence-electron chi connectivity index (χ1n) is 13.5. The van der Waals surface area contributed by atoms with E-state index in [9.17, 15) is 14.4 Å². The normalized spacial score (nSPS) is 24.3. The molecule has 1 saturated heterocycles. The number of aryl methyl sites for hydroxylation is 1. The Kier molecular flexibility index (Phi) is 5.14. The van der Waals surface area contributed by atoms with Gasteiger partial charge in [-0.05, 0) is 71.5 Å². The number of para-hydroxylation sites is 1. The molecule has 4 aliphatic rings. The summed E-state index contributed by atoms with van der Waals surface area (Å²) in [4.78, 5) is 42.7. The predicted molar refractivity (Wildman–Crippen MR) is 151 cm³/mol. The maximum atomic E-state index is 14.2. The van der Waals surface area contributed by atoms with Crippen molar-refractivity contribution in [3.8, 4) is 0 Å². The Labute approximate surface area is 227 Å². The lowest BCUT2D eigenvalue weighted by atomic mass is 9.48. The second kappa shape index (κ2) is 8.50. The number of nitrogens with one attached hydrogen (secondary N) is 1. The highest BCUT2D eigenvalue weighted by Crippen LogP contribution is 2.67. The Hall–Kier alpha value is -4.51. The van der Waals surface area contributed by atoms with E-state index in [1.54, 1.807) is 24.3 Å². The highest BCUT2D eigenvalue weighted by atomic mass is 16.2. The number of carbonyl (C=O) groups excluding carboxylic acids is 3. The molecule has 1 aliphatic heterocycles. The third-order valence-corrected chi connectivity index (χ3v) is 9.05. The molecule has 39 heavy (non-hydrogen) atoms. The molecule has 1 N–H and O–H groups in total. The van der Waals surface area contributed by atoms with Gasteiger partial charge in [-0.25, -0.2) is 4.90 Å². The van der Waals surface area contributed by atoms with Gasteiger partial charge in [-0.15, -0.1) is 0 Å². The maximum Gasteiger partial charge on any atom is 0.255 e. The van der Waals surface area contributed by atoms with E-state index in [-0.39, 0.29) is 29.6 Å². The largest absolute Gasteiger partial charge is 0.322 e.